The normalized spacial score (nSPS) is 10.6. The Bertz CT molecular complexity index is 608. The van der Waals surface area contributed by atoms with Crippen LogP contribution in [0.1, 0.15) is 13.8 Å². The maximum absolute atomic E-state index is 11.9. The van der Waals surface area contributed by atoms with E-state index in [1.165, 1.54) is 4.68 Å². The molecule has 0 spiro atoms. The van der Waals surface area contributed by atoms with Gasteiger partial charge in [0, 0.05) is 12.6 Å². The summed E-state index contributed by atoms with van der Waals surface area (Å²) in [5.41, 5.74) is 0.634. The van der Waals surface area contributed by atoms with Crippen LogP contribution in [0, 0.1) is 5.92 Å². The van der Waals surface area contributed by atoms with E-state index in [4.69, 9.17) is 4.74 Å². The summed E-state index contributed by atoms with van der Waals surface area (Å²) in [6.45, 7) is 5.89. The van der Waals surface area contributed by atoms with E-state index in [0.717, 1.165) is 18.0 Å². The minimum Gasteiger partial charge on any atom is -0.492 e. The van der Waals surface area contributed by atoms with Crippen molar-refractivity contribution < 1.29 is 4.74 Å². The van der Waals surface area contributed by atoms with E-state index < -0.39 is 0 Å². The van der Waals surface area contributed by atoms with Gasteiger partial charge < -0.3 is 10.1 Å². The molecule has 0 aliphatic rings. The molecule has 1 aromatic heterocycles. The lowest BCUT2D eigenvalue weighted by Gasteiger charge is -2.10. The molecule has 0 bridgehead atoms. The molecule has 0 amide bonds. The smallest absolute Gasteiger partial charge is 0.268 e. The molecule has 0 fully saturated rings. The minimum atomic E-state index is -0.125. The van der Waals surface area contributed by atoms with Crippen LogP contribution in [0.15, 0.2) is 47.4 Å². The molecule has 0 saturated heterocycles. The number of anilines is 1. The van der Waals surface area contributed by atoms with E-state index in [9.17, 15) is 4.79 Å². The van der Waals surface area contributed by atoms with Crippen molar-refractivity contribution in [2.24, 2.45) is 5.92 Å². The van der Waals surface area contributed by atoms with Crippen LogP contribution in [0.4, 0.5) is 5.69 Å². The number of nitrogens with one attached hydrogen (secondary N) is 1. The Hall–Kier alpha value is -2.30. The van der Waals surface area contributed by atoms with Gasteiger partial charge in [0.15, 0.2) is 0 Å². The predicted molar refractivity (Wildman–Crippen MR) is 83.8 cm³/mol. The number of rotatable bonds is 7. The highest BCUT2D eigenvalue weighted by atomic mass is 16.5. The molecule has 0 saturated carbocycles. The van der Waals surface area contributed by atoms with Crippen LogP contribution in [-0.4, -0.2) is 22.9 Å². The van der Waals surface area contributed by atoms with Crippen LogP contribution in [0.3, 0.4) is 0 Å². The second kappa shape index (κ2) is 7.47. The molecule has 5 nitrogen and oxygen atoms in total. The first-order valence-corrected chi connectivity index (χ1v) is 7.14. The van der Waals surface area contributed by atoms with E-state index in [0.29, 0.717) is 19.1 Å². The fourth-order valence-electron chi connectivity index (χ4n) is 1.79. The summed E-state index contributed by atoms with van der Waals surface area (Å²) < 4.78 is 6.97. The van der Waals surface area contributed by atoms with Crippen molar-refractivity contribution in [3.05, 3.63) is 52.9 Å². The lowest BCUT2D eigenvalue weighted by Crippen LogP contribution is -2.25. The topological polar surface area (TPSA) is 56.1 Å². The SMILES string of the molecule is CC(C)CNc1cnn(CCOc2ccccc2)c(=O)c1. The van der Waals surface area contributed by atoms with Crippen molar-refractivity contribution in [2.75, 3.05) is 18.5 Å². The lowest BCUT2D eigenvalue weighted by atomic mass is 10.2. The van der Waals surface area contributed by atoms with E-state index in [2.05, 4.69) is 24.3 Å². The van der Waals surface area contributed by atoms with Gasteiger partial charge in [-0.1, -0.05) is 32.0 Å². The first-order chi connectivity index (χ1) is 10.1. The fraction of sp³-hybridized carbons (Fsp3) is 0.375. The average molecular weight is 287 g/mol. The van der Waals surface area contributed by atoms with Crippen molar-refractivity contribution in [3.63, 3.8) is 0 Å². The third-order valence-electron chi connectivity index (χ3n) is 2.90. The summed E-state index contributed by atoms with van der Waals surface area (Å²) in [4.78, 5) is 11.9. The lowest BCUT2D eigenvalue weighted by molar-refractivity contribution is 0.288. The second-order valence-electron chi connectivity index (χ2n) is 5.24. The van der Waals surface area contributed by atoms with Crippen molar-refractivity contribution in [3.8, 4) is 5.75 Å². The van der Waals surface area contributed by atoms with E-state index in [1.54, 1.807) is 12.3 Å². The molecule has 0 aliphatic heterocycles. The van der Waals surface area contributed by atoms with Crippen molar-refractivity contribution >= 4 is 5.69 Å². The summed E-state index contributed by atoms with van der Waals surface area (Å²) in [5.74, 6) is 1.31. The van der Waals surface area contributed by atoms with Gasteiger partial charge in [-0.25, -0.2) is 4.68 Å². The summed E-state index contributed by atoms with van der Waals surface area (Å²) >= 11 is 0. The predicted octanol–water partition coefficient (Wildman–Crippen LogP) is 2.39. The summed E-state index contributed by atoms with van der Waals surface area (Å²) in [7, 11) is 0. The molecule has 2 aromatic rings. The number of benzene rings is 1. The van der Waals surface area contributed by atoms with Crippen molar-refractivity contribution in [1.82, 2.24) is 9.78 Å². The number of nitrogens with zero attached hydrogens (tertiary/aromatic N) is 2. The quantitative estimate of drug-likeness (QED) is 0.849. The zero-order chi connectivity index (χ0) is 15.1. The van der Waals surface area contributed by atoms with Gasteiger partial charge in [-0.05, 0) is 18.1 Å². The van der Waals surface area contributed by atoms with Gasteiger partial charge in [-0.15, -0.1) is 0 Å². The van der Waals surface area contributed by atoms with Crippen LogP contribution >= 0.6 is 0 Å². The molecule has 5 heteroatoms. The number of hydrogen-bond acceptors (Lipinski definition) is 4. The molecule has 1 N–H and O–H groups in total. The molecule has 0 aliphatic carbocycles. The number of ether oxygens (including phenoxy) is 1. The number of hydrogen-bond donors (Lipinski definition) is 1. The van der Waals surface area contributed by atoms with Gasteiger partial charge in [0.2, 0.25) is 0 Å². The Labute approximate surface area is 124 Å². The van der Waals surface area contributed by atoms with Crippen molar-refractivity contribution in [2.45, 2.75) is 20.4 Å². The zero-order valence-electron chi connectivity index (χ0n) is 12.5. The van der Waals surface area contributed by atoms with E-state index >= 15 is 0 Å². The second-order valence-corrected chi connectivity index (χ2v) is 5.24. The van der Waals surface area contributed by atoms with Gasteiger partial charge in [-0.2, -0.15) is 5.10 Å². The molecular weight excluding hydrogens is 266 g/mol. The Balaban J connectivity index is 1.87. The van der Waals surface area contributed by atoms with Crippen LogP contribution < -0.4 is 15.6 Å². The largest absolute Gasteiger partial charge is 0.492 e. The van der Waals surface area contributed by atoms with Crippen LogP contribution in [0.2, 0.25) is 0 Å². The Morgan fingerprint density at radius 1 is 1.29 bits per heavy atom. The van der Waals surface area contributed by atoms with E-state index in [-0.39, 0.29) is 5.56 Å². The van der Waals surface area contributed by atoms with Crippen LogP contribution in [0.25, 0.3) is 0 Å². The molecule has 21 heavy (non-hydrogen) atoms. The molecular formula is C16H21N3O2. The first kappa shape index (κ1) is 15.1. The molecule has 1 heterocycles. The maximum atomic E-state index is 11.9. The summed E-state index contributed by atoms with van der Waals surface area (Å²) in [6, 6.07) is 11.1. The van der Waals surface area contributed by atoms with Gasteiger partial charge >= 0.3 is 0 Å². The average Bonchev–Trinajstić information content (AvgIpc) is 2.48. The molecule has 1 aromatic carbocycles. The maximum Gasteiger partial charge on any atom is 0.268 e. The monoisotopic (exact) mass is 287 g/mol. The Kier molecular flexibility index (Phi) is 5.37. The number of aromatic nitrogens is 2. The summed E-state index contributed by atoms with van der Waals surface area (Å²) in [6.07, 6.45) is 1.67. The highest BCUT2D eigenvalue weighted by Gasteiger charge is 2.01. The minimum absolute atomic E-state index is 0.125. The Morgan fingerprint density at radius 3 is 2.71 bits per heavy atom. The Morgan fingerprint density at radius 2 is 2.05 bits per heavy atom. The van der Waals surface area contributed by atoms with E-state index in [1.807, 2.05) is 30.3 Å². The van der Waals surface area contributed by atoms with Gasteiger partial charge in [0.05, 0.1) is 18.4 Å². The van der Waals surface area contributed by atoms with Gasteiger partial charge in [0.1, 0.15) is 12.4 Å². The fourth-order valence-corrected chi connectivity index (χ4v) is 1.79. The molecule has 2 rings (SSSR count). The molecule has 112 valence electrons. The number of para-hydroxylation sites is 1. The first-order valence-electron chi connectivity index (χ1n) is 7.14. The molecule has 0 atom stereocenters. The molecule has 0 radical (unpaired) electrons. The highest BCUT2D eigenvalue weighted by Crippen LogP contribution is 2.08. The standard InChI is InChI=1S/C16H21N3O2/c1-13(2)11-17-14-10-16(20)19(18-12-14)8-9-21-15-6-4-3-5-7-15/h3-7,10,12-13,17H,8-9,11H2,1-2H3. The molecule has 0 unspecified atom stereocenters. The third kappa shape index (κ3) is 4.95. The highest BCUT2D eigenvalue weighted by molar-refractivity contribution is 5.38. The summed E-state index contributed by atoms with van der Waals surface area (Å²) in [5, 5.41) is 7.34. The zero-order valence-corrected chi connectivity index (χ0v) is 12.5. The van der Waals surface area contributed by atoms with Gasteiger partial charge in [0.25, 0.3) is 5.56 Å². The van der Waals surface area contributed by atoms with Crippen molar-refractivity contribution in [1.29, 1.82) is 0 Å². The van der Waals surface area contributed by atoms with Crippen LogP contribution in [0.5, 0.6) is 5.75 Å². The van der Waals surface area contributed by atoms with Crippen LogP contribution in [-0.2, 0) is 6.54 Å². The third-order valence-corrected chi connectivity index (χ3v) is 2.90. The van der Waals surface area contributed by atoms with Gasteiger partial charge in [-0.3, -0.25) is 4.79 Å².